The molecule has 0 saturated heterocycles. The van der Waals surface area contributed by atoms with Gasteiger partial charge in [-0.1, -0.05) is 232 Å². The van der Waals surface area contributed by atoms with Crippen LogP contribution in [0.1, 0.15) is 251 Å². The zero-order valence-electron chi connectivity index (χ0n) is 33.9. The van der Waals surface area contributed by atoms with Gasteiger partial charge in [0, 0.05) is 0 Å². The molecule has 274 valence electrons. The maximum Gasteiger partial charge on any atom is 0.132 e. The Kier molecular flexibility index (Phi) is 52.0. The highest BCUT2D eigenvalue weighted by Gasteiger charge is 2.25. The van der Waals surface area contributed by atoms with E-state index in [2.05, 4.69) is 76.2 Å². The van der Waals surface area contributed by atoms with Crippen molar-refractivity contribution in [3.05, 3.63) is 0 Å². The van der Waals surface area contributed by atoms with E-state index in [1.165, 1.54) is 122 Å². The molecule has 0 unspecified atom stereocenters. The Morgan fingerprint density at radius 1 is 0.341 bits per heavy atom. The first kappa shape index (κ1) is 53.4. The highest BCUT2D eigenvalue weighted by atomic mass is 19.2. The van der Waals surface area contributed by atoms with E-state index < -0.39 is 12.3 Å². The predicted octanol–water partition coefficient (Wildman–Crippen LogP) is 17.2. The van der Waals surface area contributed by atoms with Crippen LogP contribution in [0.3, 0.4) is 0 Å². The van der Waals surface area contributed by atoms with Crippen LogP contribution in [0, 0.1) is 10.8 Å². The van der Waals surface area contributed by atoms with Crippen molar-refractivity contribution in [2.45, 2.75) is 263 Å². The standard InChI is InChI=1S/C12H24F2.C9H20.C8H18.C7H16.C6H14/c1-5-6-7-8-10(13)11(14)9-12(2,3)4;1-5-6-7-8-9(2,3)4;1-3-5-7-8-6-4-2;1-3-5-7-6-4-2;1-3-5-6-4-2/h10-11H,5-9H2,1-4H3;5-8H2,1-4H3;3-8H2,1-2H3;3-7H2,1-2H3;3-6H2,1-2H3/t10-,11-;;;;/m1..../s1. The quantitative estimate of drug-likeness (QED) is 0.110. The molecule has 0 bridgehead atoms. The normalized spacial score (nSPS) is 12.3. The molecule has 0 heterocycles. The first-order valence-electron chi connectivity index (χ1n) is 20.0. The minimum atomic E-state index is -1.29. The van der Waals surface area contributed by atoms with Gasteiger partial charge in [0.05, 0.1) is 0 Å². The zero-order chi connectivity index (χ0) is 35.1. The van der Waals surface area contributed by atoms with Crippen molar-refractivity contribution >= 4 is 0 Å². The van der Waals surface area contributed by atoms with Crippen molar-refractivity contribution < 1.29 is 8.78 Å². The fourth-order valence-electron chi connectivity index (χ4n) is 4.42. The summed E-state index contributed by atoms with van der Waals surface area (Å²) < 4.78 is 26.6. The molecular weight excluding hydrogens is 542 g/mol. The average Bonchev–Trinajstić information content (AvgIpc) is 2.95. The number of halogens is 2. The van der Waals surface area contributed by atoms with Gasteiger partial charge in [-0.2, -0.15) is 0 Å². The minimum Gasteiger partial charge on any atom is -0.244 e. The SMILES string of the molecule is CCCCCC.CCCCCC(C)(C)C.CCCCCCC.CCCCCCCC.CCCCC[C@@H](F)[C@H](F)CC(C)(C)C. The molecule has 0 radical (unpaired) electrons. The van der Waals surface area contributed by atoms with E-state index in [1.807, 2.05) is 20.8 Å². The van der Waals surface area contributed by atoms with Crippen LogP contribution in [0.5, 0.6) is 0 Å². The van der Waals surface area contributed by atoms with Crippen molar-refractivity contribution in [2.75, 3.05) is 0 Å². The van der Waals surface area contributed by atoms with E-state index in [0.29, 0.717) is 18.3 Å². The molecule has 0 aromatic heterocycles. The van der Waals surface area contributed by atoms with Crippen molar-refractivity contribution in [3.63, 3.8) is 0 Å². The number of unbranched alkanes of at least 4 members (excludes halogenated alkanes) is 16. The number of rotatable bonds is 21. The van der Waals surface area contributed by atoms with Gasteiger partial charge in [0.2, 0.25) is 0 Å². The van der Waals surface area contributed by atoms with E-state index in [4.69, 9.17) is 0 Å². The Bertz CT molecular complexity index is 432. The summed E-state index contributed by atoms with van der Waals surface area (Å²) in [6.07, 6.45) is 27.6. The maximum absolute atomic E-state index is 13.3. The minimum absolute atomic E-state index is 0.117. The summed E-state index contributed by atoms with van der Waals surface area (Å²) in [5, 5.41) is 0. The summed E-state index contributed by atoms with van der Waals surface area (Å²) in [6, 6.07) is 0. The maximum atomic E-state index is 13.3. The second kappa shape index (κ2) is 42.9. The van der Waals surface area contributed by atoms with Gasteiger partial charge < -0.3 is 0 Å². The Labute approximate surface area is 282 Å². The van der Waals surface area contributed by atoms with Crippen LogP contribution >= 0.6 is 0 Å². The van der Waals surface area contributed by atoms with E-state index in [1.54, 1.807) is 0 Å². The second-order valence-corrected chi connectivity index (χ2v) is 15.5. The van der Waals surface area contributed by atoms with Gasteiger partial charge in [0.1, 0.15) is 12.3 Å². The lowest BCUT2D eigenvalue weighted by atomic mass is 9.87. The lowest BCUT2D eigenvalue weighted by Gasteiger charge is -2.22. The van der Waals surface area contributed by atoms with E-state index in [0.717, 1.165) is 19.3 Å². The van der Waals surface area contributed by atoms with Gasteiger partial charge in [-0.25, -0.2) is 8.78 Å². The largest absolute Gasteiger partial charge is 0.244 e. The molecule has 0 nitrogen and oxygen atoms in total. The van der Waals surface area contributed by atoms with E-state index in [9.17, 15) is 8.78 Å². The van der Waals surface area contributed by atoms with Crippen LogP contribution in [0.4, 0.5) is 8.78 Å². The lowest BCUT2D eigenvalue weighted by molar-refractivity contribution is 0.112. The summed E-state index contributed by atoms with van der Waals surface area (Å²) in [4.78, 5) is 0. The fourth-order valence-corrected chi connectivity index (χ4v) is 4.42. The summed E-state index contributed by atoms with van der Waals surface area (Å²) in [5.41, 5.74) is 0.434. The van der Waals surface area contributed by atoms with Crippen LogP contribution in [-0.4, -0.2) is 12.3 Å². The van der Waals surface area contributed by atoms with Crippen molar-refractivity contribution in [1.29, 1.82) is 0 Å². The molecule has 0 aromatic carbocycles. The zero-order valence-corrected chi connectivity index (χ0v) is 33.9. The van der Waals surface area contributed by atoms with Crippen molar-refractivity contribution in [2.24, 2.45) is 10.8 Å². The lowest BCUT2D eigenvalue weighted by Crippen LogP contribution is -2.23. The number of alkyl halides is 2. The monoisotopic (exact) mass is 635 g/mol. The molecular formula is C42H92F2. The van der Waals surface area contributed by atoms with Crippen LogP contribution in [-0.2, 0) is 0 Å². The molecule has 2 heteroatoms. The predicted molar refractivity (Wildman–Crippen MR) is 205 cm³/mol. The van der Waals surface area contributed by atoms with E-state index >= 15 is 0 Å². The topological polar surface area (TPSA) is 0 Å². The third-order valence-corrected chi connectivity index (χ3v) is 7.43. The van der Waals surface area contributed by atoms with Gasteiger partial charge in [-0.05, 0) is 30.1 Å². The third-order valence-electron chi connectivity index (χ3n) is 7.43. The molecule has 0 saturated carbocycles. The molecule has 0 aromatic rings. The fraction of sp³-hybridized carbons (Fsp3) is 1.00. The van der Waals surface area contributed by atoms with Crippen LogP contribution in [0.2, 0.25) is 0 Å². The Balaban J connectivity index is -0.000000150. The molecule has 0 rings (SSSR count). The molecule has 0 amide bonds. The first-order valence-corrected chi connectivity index (χ1v) is 20.0. The summed E-state index contributed by atoms with van der Waals surface area (Å²) in [6.45, 7) is 30.5. The summed E-state index contributed by atoms with van der Waals surface area (Å²) >= 11 is 0. The summed E-state index contributed by atoms with van der Waals surface area (Å²) in [5.74, 6) is 0. The molecule has 0 aliphatic carbocycles. The van der Waals surface area contributed by atoms with E-state index in [-0.39, 0.29) is 5.41 Å². The highest BCUT2D eigenvalue weighted by Crippen LogP contribution is 2.27. The molecule has 0 N–H and O–H groups in total. The second-order valence-electron chi connectivity index (χ2n) is 15.5. The summed E-state index contributed by atoms with van der Waals surface area (Å²) in [7, 11) is 0. The number of hydrogen-bond acceptors (Lipinski definition) is 0. The van der Waals surface area contributed by atoms with Crippen molar-refractivity contribution in [1.82, 2.24) is 0 Å². The first-order chi connectivity index (χ1) is 20.7. The number of hydrogen-bond donors (Lipinski definition) is 0. The molecule has 0 aliphatic rings. The molecule has 0 spiro atoms. The molecule has 2 atom stereocenters. The van der Waals surface area contributed by atoms with Gasteiger partial charge >= 0.3 is 0 Å². The molecule has 0 aliphatic heterocycles. The van der Waals surface area contributed by atoms with Crippen LogP contribution < -0.4 is 0 Å². The molecule has 0 fully saturated rings. The van der Waals surface area contributed by atoms with Gasteiger partial charge in [0.25, 0.3) is 0 Å². The Morgan fingerprint density at radius 2 is 0.614 bits per heavy atom. The van der Waals surface area contributed by atoms with Gasteiger partial charge in [-0.3, -0.25) is 0 Å². The van der Waals surface area contributed by atoms with Crippen molar-refractivity contribution in [3.8, 4) is 0 Å². The van der Waals surface area contributed by atoms with Gasteiger partial charge in [-0.15, -0.1) is 0 Å². The Hall–Kier alpha value is -0.140. The van der Waals surface area contributed by atoms with Crippen LogP contribution in [0.25, 0.3) is 0 Å². The average molecular weight is 635 g/mol. The Morgan fingerprint density at radius 3 is 0.909 bits per heavy atom. The third kappa shape index (κ3) is 68.9. The molecule has 44 heavy (non-hydrogen) atoms. The highest BCUT2D eigenvalue weighted by molar-refractivity contribution is 4.75. The van der Waals surface area contributed by atoms with Gasteiger partial charge in [0.15, 0.2) is 0 Å². The van der Waals surface area contributed by atoms with Crippen LogP contribution in [0.15, 0.2) is 0 Å². The smallest absolute Gasteiger partial charge is 0.132 e.